The normalized spacial score (nSPS) is 10.8. The zero-order valence-electron chi connectivity index (χ0n) is 14.0. The third-order valence-corrected chi connectivity index (χ3v) is 4.14. The first-order valence-electron chi connectivity index (χ1n) is 8.19. The predicted octanol–water partition coefficient (Wildman–Crippen LogP) is 4.42. The molecule has 0 radical (unpaired) electrons. The quantitative estimate of drug-likeness (QED) is 0.478. The molecule has 3 aromatic carbocycles. The average Bonchev–Trinajstić information content (AvgIpc) is 3.09. The van der Waals surface area contributed by atoms with Gasteiger partial charge in [-0.1, -0.05) is 12.1 Å². The predicted molar refractivity (Wildman–Crippen MR) is 106 cm³/mol. The SMILES string of the molecule is Nc1ccc(-c2nc(-c3ccc(N)cc3)c(-c3ccc(N)cc3)o2)cc1. The third kappa shape index (κ3) is 2.98. The largest absolute Gasteiger partial charge is 0.435 e. The molecule has 6 N–H and O–H groups in total. The van der Waals surface area contributed by atoms with E-state index in [0.717, 1.165) is 22.4 Å². The summed E-state index contributed by atoms with van der Waals surface area (Å²) >= 11 is 0. The molecule has 0 saturated heterocycles. The van der Waals surface area contributed by atoms with Gasteiger partial charge in [0, 0.05) is 33.8 Å². The summed E-state index contributed by atoms with van der Waals surface area (Å²) in [5.41, 5.74) is 22.9. The van der Waals surface area contributed by atoms with Gasteiger partial charge in [0.2, 0.25) is 5.89 Å². The smallest absolute Gasteiger partial charge is 0.227 e. The molecule has 4 rings (SSSR count). The summed E-state index contributed by atoms with van der Waals surface area (Å²) in [6, 6.07) is 22.5. The van der Waals surface area contributed by atoms with Crippen molar-refractivity contribution in [3.8, 4) is 34.0 Å². The maximum absolute atomic E-state index is 6.13. The fourth-order valence-electron chi connectivity index (χ4n) is 2.74. The lowest BCUT2D eigenvalue weighted by Crippen LogP contribution is -1.87. The lowest BCUT2D eigenvalue weighted by Gasteiger charge is -2.02. The molecular formula is C21H18N4O. The lowest BCUT2D eigenvalue weighted by atomic mass is 10.1. The number of hydrogen-bond acceptors (Lipinski definition) is 5. The second-order valence-electron chi connectivity index (χ2n) is 6.06. The molecule has 0 saturated carbocycles. The monoisotopic (exact) mass is 342 g/mol. The van der Waals surface area contributed by atoms with E-state index >= 15 is 0 Å². The molecule has 0 aliphatic carbocycles. The van der Waals surface area contributed by atoms with Crippen LogP contribution in [0.4, 0.5) is 17.1 Å². The topological polar surface area (TPSA) is 104 Å². The second kappa shape index (κ2) is 6.29. The first-order valence-corrected chi connectivity index (χ1v) is 8.19. The van der Waals surface area contributed by atoms with Crippen molar-refractivity contribution >= 4 is 17.1 Å². The average molecular weight is 342 g/mol. The zero-order valence-corrected chi connectivity index (χ0v) is 14.0. The highest BCUT2D eigenvalue weighted by atomic mass is 16.4. The molecule has 0 fully saturated rings. The highest BCUT2D eigenvalue weighted by Crippen LogP contribution is 2.36. The Hall–Kier alpha value is -3.73. The summed E-state index contributed by atoms with van der Waals surface area (Å²) in [7, 11) is 0. The van der Waals surface area contributed by atoms with Gasteiger partial charge in [-0.25, -0.2) is 4.98 Å². The molecule has 0 atom stereocenters. The van der Waals surface area contributed by atoms with E-state index in [-0.39, 0.29) is 0 Å². The van der Waals surface area contributed by atoms with Crippen molar-refractivity contribution < 1.29 is 4.42 Å². The molecule has 128 valence electrons. The van der Waals surface area contributed by atoms with Gasteiger partial charge < -0.3 is 21.6 Å². The van der Waals surface area contributed by atoms with Gasteiger partial charge in [0.05, 0.1) is 0 Å². The Bertz CT molecular complexity index is 970. The number of anilines is 3. The van der Waals surface area contributed by atoms with Gasteiger partial charge in [0.1, 0.15) is 5.69 Å². The Balaban J connectivity index is 1.88. The molecule has 0 bridgehead atoms. The Kier molecular flexibility index (Phi) is 3.82. The molecule has 0 amide bonds. The molecule has 4 aromatic rings. The van der Waals surface area contributed by atoms with Gasteiger partial charge in [0.25, 0.3) is 0 Å². The van der Waals surface area contributed by atoms with Crippen LogP contribution in [0.3, 0.4) is 0 Å². The summed E-state index contributed by atoms with van der Waals surface area (Å²) < 4.78 is 6.13. The summed E-state index contributed by atoms with van der Waals surface area (Å²) in [5.74, 6) is 1.21. The van der Waals surface area contributed by atoms with E-state index in [2.05, 4.69) is 0 Å². The van der Waals surface area contributed by atoms with Crippen LogP contribution >= 0.6 is 0 Å². The van der Waals surface area contributed by atoms with E-state index in [9.17, 15) is 0 Å². The van der Waals surface area contributed by atoms with Gasteiger partial charge in [-0.15, -0.1) is 0 Å². The van der Waals surface area contributed by atoms with Crippen LogP contribution in [-0.2, 0) is 0 Å². The molecule has 5 nitrogen and oxygen atoms in total. The third-order valence-electron chi connectivity index (χ3n) is 4.14. The van der Waals surface area contributed by atoms with E-state index in [1.54, 1.807) is 0 Å². The van der Waals surface area contributed by atoms with Crippen molar-refractivity contribution in [3.05, 3.63) is 72.8 Å². The number of hydrogen-bond donors (Lipinski definition) is 3. The molecule has 0 aliphatic rings. The first-order chi connectivity index (χ1) is 12.6. The van der Waals surface area contributed by atoms with Gasteiger partial charge >= 0.3 is 0 Å². The summed E-state index contributed by atoms with van der Waals surface area (Å²) in [6.45, 7) is 0. The maximum Gasteiger partial charge on any atom is 0.227 e. The molecule has 26 heavy (non-hydrogen) atoms. The molecular weight excluding hydrogens is 324 g/mol. The highest BCUT2D eigenvalue weighted by Gasteiger charge is 2.18. The van der Waals surface area contributed by atoms with Crippen molar-refractivity contribution in [1.82, 2.24) is 4.98 Å². The van der Waals surface area contributed by atoms with Gasteiger partial charge in [-0.2, -0.15) is 0 Å². The maximum atomic E-state index is 6.13. The van der Waals surface area contributed by atoms with Crippen LogP contribution in [0, 0.1) is 0 Å². The van der Waals surface area contributed by atoms with Crippen molar-refractivity contribution in [1.29, 1.82) is 0 Å². The summed E-state index contributed by atoms with van der Waals surface area (Å²) in [4.78, 5) is 4.73. The number of benzene rings is 3. The van der Waals surface area contributed by atoms with Crippen molar-refractivity contribution in [2.45, 2.75) is 0 Å². The van der Waals surface area contributed by atoms with E-state index in [0.29, 0.717) is 28.7 Å². The highest BCUT2D eigenvalue weighted by molar-refractivity contribution is 5.80. The first kappa shape index (κ1) is 15.8. The molecule has 0 unspecified atom stereocenters. The molecule has 5 heteroatoms. The molecule has 0 spiro atoms. The van der Waals surface area contributed by atoms with Crippen LogP contribution in [-0.4, -0.2) is 4.98 Å². The van der Waals surface area contributed by atoms with Crippen molar-refractivity contribution in [2.75, 3.05) is 17.2 Å². The number of rotatable bonds is 3. The number of oxazole rings is 1. The number of nitrogens with zero attached hydrogens (tertiary/aromatic N) is 1. The molecule has 1 heterocycles. The van der Waals surface area contributed by atoms with Gasteiger partial charge in [-0.3, -0.25) is 0 Å². The van der Waals surface area contributed by atoms with Crippen LogP contribution in [0.1, 0.15) is 0 Å². The van der Waals surface area contributed by atoms with Crippen LogP contribution in [0.15, 0.2) is 77.2 Å². The van der Waals surface area contributed by atoms with E-state index in [4.69, 9.17) is 26.6 Å². The zero-order chi connectivity index (χ0) is 18.1. The van der Waals surface area contributed by atoms with Crippen LogP contribution in [0.5, 0.6) is 0 Å². The van der Waals surface area contributed by atoms with E-state index in [1.165, 1.54) is 0 Å². The minimum Gasteiger partial charge on any atom is -0.435 e. The van der Waals surface area contributed by atoms with Crippen LogP contribution in [0.2, 0.25) is 0 Å². The number of aromatic nitrogens is 1. The van der Waals surface area contributed by atoms with Crippen LogP contribution in [0.25, 0.3) is 34.0 Å². The van der Waals surface area contributed by atoms with E-state index in [1.807, 2.05) is 72.8 Å². The fraction of sp³-hybridized carbons (Fsp3) is 0. The lowest BCUT2D eigenvalue weighted by molar-refractivity contribution is 0.589. The minimum absolute atomic E-state index is 0.531. The summed E-state index contributed by atoms with van der Waals surface area (Å²) in [6.07, 6.45) is 0. The Morgan fingerprint density at radius 3 is 1.46 bits per heavy atom. The number of nitrogen functional groups attached to an aromatic ring is 3. The minimum atomic E-state index is 0.531. The van der Waals surface area contributed by atoms with Crippen molar-refractivity contribution in [2.24, 2.45) is 0 Å². The molecule has 0 aliphatic heterocycles. The molecule has 1 aromatic heterocycles. The number of nitrogens with two attached hydrogens (primary N) is 3. The van der Waals surface area contributed by atoms with Crippen molar-refractivity contribution in [3.63, 3.8) is 0 Å². The fourth-order valence-corrected chi connectivity index (χ4v) is 2.74. The van der Waals surface area contributed by atoms with Crippen LogP contribution < -0.4 is 17.2 Å². The van der Waals surface area contributed by atoms with Gasteiger partial charge in [0.15, 0.2) is 5.76 Å². The van der Waals surface area contributed by atoms with E-state index < -0.39 is 0 Å². The Morgan fingerprint density at radius 1 is 0.538 bits per heavy atom. The Morgan fingerprint density at radius 2 is 0.962 bits per heavy atom. The Labute approximate surface area is 151 Å². The summed E-state index contributed by atoms with van der Waals surface area (Å²) in [5, 5.41) is 0. The van der Waals surface area contributed by atoms with Gasteiger partial charge in [-0.05, 0) is 60.7 Å². The standard InChI is InChI=1S/C21H18N4O/c22-16-7-1-13(2-8-16)19-20(14-3-9-17(23)10-4-14)26-21(25-19)15-5-11-18(24)12-6-15/h1-12H,22-24H2. The second-order valence-corrected chi connectivity index (χ2v) is 6.06.